The van der Waals surface area contributed by atoms with Crippen LogP contribution in [0.3, 0.4) is 0 Å². The molecule has 2 unspecified atom stereocenters. The largest absolute Gasteiger partial charge is 0.462 e. The zero-order chi connectivity index (χ0) is 12.8. The Balaban J connectivity index is 1.76. The summed E-state index contributed by atoms with van der Waals surface area (Å²) < 4.78 is 17.1. The van der Waals surface area contributed by atoms with Crippen molar-refractivity contribution in [2.45, 2.75) is 52.1 Å². The summed E-state index contributed by atoms with van der Waals surface area (Å²) in [4.78, 5) is 0. The van der Waals surface area contributed by atoms with E-state index in [2.05, 4.69) is 13.8 Å². The van der Waals surface area contributed by atoms with Crippen LogP contribution in [0.25, 0.3) is 0 Å². The van der Waals surface area contributed by atoms with Crippen molar-refractivity contribution in [3.63, 3.8) is 0 Å². The smallest absolute Gasteiger partial charge is 0.223 e. The Morgan fingerprint density at radius 2 is 2.22 bits per heavy atom. The number of unbranched alkanes of at least 4 members (excludes halogenated alkanes) is 1. The normalized spacial score (nSPS) is 20.0. The Kier molecular flexibility index (Phi) is 5.02. The highest BCUT2D eigenvalue weighted by Gasteiger charge is 2.20. The molecule has 2 rings (SSSR count). The monoisotopic (exact) mass is 250 g/mol. The second-order valence-corrected chi connectivity index (χ2v) is 4.75. The number of hydrogen-bond acceptors (Lipinski definition) is 3. The zero-order valence-electron chi connectivity index (χ0n) is 11.2. The van der Waals surface area contributed by atoms with Crippen LogP contribution in [-0.4, -0.2) is 19.0 Å². The maximum atomic E-state index is 5.75. The number of para-hydroxylation sites is 1. The Hall–Kier alpha value is -1.06. The molecular weight excluding hydrogens is 228 g/mol. The molecule has 3 nitrogen and oxygen atoms in total. The summed E-state index contributed by atoms with van der Waals surface area (Å²) in [6.07, 6.45) is 3.51. The van der Waals surface area contributed by atoms with Crippen molar-refractivity contribution in [3.8, 4) is 5.75 Å². The molecular formula is C15H22O3. The third-order valence-electron chi connectivity index (χ3n) is 3.14. The van der Waals surface area contributed by atoms with Gasteiger partial charge < -0.3 is 14.2 Å². The number of rotatable bonds is 6. The van der Waals surface area contributed by atoms with E-state index in [0.717, 1.165) is 17.7 Å². The molecule has 0 amide bonds. The van der Waals surface area contributed by atoms with E-state index in [4.69, 9.17) is 14.2 Å². The molecule has 1 aromatic rings. The molecule has 0 saturated heterocycles. The fourth-order valence-corrected chi connectivity index (χ4v) is 2.00. The van der Waals surface area contributed by atoms with Gasteiger partial charge in [0.25, 0.3) is 0 Å². The van der Waals surface area contributed by atoms with Crippen LogP contribution in [0.1, 0.15) is 38.7 Å². The molecule has 18 heavy (non-hydrogen) atoms. The minimum Gasteiger partial charge on any atom is -0.462 e. The lowest BCUT2D eigenvalue weighted by Gasteiger charge is -2.27. The van der Waals surface area contributed by atoms with Gasteiger partial charge in [-0.15, -0.1) is 0 Å². The molecule has 1 aromatic carbocycles. The van der Waals surface area contributed by atoms with Gasteiger partial charge in [-0.1, -0.05) is 38.0 Å². The fourth-order valence-electron chi connectivity index (χ4n) is 2.00. The van der Waals surface area contributed by atoms with Gasteiger partial charge in [0.05, 0.1) is 12.7 Å². The molecule has 1 aliphatic heterocycles. The molecule has 0 bridgehead atoms. The first-order chi connectivity index (χ1) is 8.79. The van der Waals surface area contributed by atoms with E-state index in [1.807, 2.05) is 24.3 Å². The van der Waals surface area contributed by atoms with E-state index < -0.39 is 0 Å². The molecule has 100 valence electrons. The van der Waals surface area contributed by atoms with Crippen molar-refractivity contribution in [2.75, 3.05) is 6.61 Å². The first kappa shape index (κ1) is 13.4. The predicted molar refractivity (Wildman–Crippen MR) is 70.6 cm³/mol. The van der Waals surface area contributed by atoms with E-state index in [1.165, 1.54) is 12.8 Å². The molecule has 0 radical (unpaired) electrons. The first-order valence-corrected chi connectivity index (χ1v) is 6.77. The van der Waals surface area contributed by atoms with Crippen LogP contribution in [-0.2, 0) is 16.1 Å². The van der Waals surface area contributed by atoms with Crippen molar-refractivity contribution in [1.82, 2.24) is 0 Å². The summed E-state index contributed by atoms with van der Waals surface area (Å²) in [7, 11) is 0. The highest BCUT2D eigenvalue weighted by atomic mass is 16.7. The molecule has 0 spiro atoms. The van der Waals surface area contributed by atoms with Gasteiger partial charge >= 0.3 is 0 Å². The summed E-state index contributed by atoms with van der Waals surface area (Å²) >= 11 is 0. The second-order valence-electron chi connectivity index (χ2n) is 4.75. The van der Waals surface area contributed by atoms with Crippen molar-refractivity contribution in [1.29, 1.82) is 0 Å². The number of hydrogen-bond donors (Lipinski definition) is 0. The van der Waals surface area contributed by atoms with Crippen molar-refractivity contribution >= 4 is 0 Å². The lowest BCUT2D eigenvalue weighted by molar-refractivity contribution is -0.152. The van der Waals surface area contributed by atoms with Gasteiger partial charge in [0.15, 0.2) is 0 Å². The summed E-state index contributed by atoms with van der Waals surface area (Å²) in [6, 6.07) is 7.97. The van der Waals surface area contributed by atoms with E-state index in [1.54, 1.807) is 0 Å². The van der Waals surface area contributed by atoms with Crippen LogP contribution >= 0.6 is 0 Å². The molecule has 1 aliphatic rings. The number of fused-ring (bicyclic) bond motifs is 1. The standard InChI is InChI=1S/C15H22O3/c1-3-4-7-12(2)16-11-15-17-10-13-8-5-6-9-14(13)18-15/h5-6,8-9,12,15H,3-4,7,10-11H2,1-2H3. The average Bonchev–Trinajstić information content (AvgIpc) is 2.42. The predicted octanol–water partition coefficient (Wildman–Crippen LogP) is 3.52. The maximum Gasteiger partial charge on any atom is 0.223 e. The lowest BCUT2D eigenvalue weighted by atomic mass is 10.2. The lowest BCUT2D eigenvalue weighted by Crippen LogP contribution is -2.31. The highest BCUT2D eigenvalue weighted by Crippen LogP contribution is 2.25. The fraction of sp³-hybridized carbons (Fsp3) is 0.600. The number of benzene rings is 1. The molecule has 0 fully saturated rings. The van der Waals surface area contributed by atoms with Gasteiger partial charge in [0.1, 0.15) is 12.4 Å². The Bertz CT molecular complexity index is 365. The Morgan fingerprint density at radius 1 is 1.39 bits per heavy atom. The minimum atomic E-state index is -0.274. The van der Waals surface area contributed by atoms with E-state index in [0.29, 0.717) is 13.2 Å². The summed E-state index contributed by atoms with van der Waals surface area (Å²) in [5.41, 5.74) is 1.10. The first-order valence-electron chi connectivity index (χ1n) is 6.77. The van der Waals surface area contributed by atoms with Crippen LogP contribution in [0.15, 0.2) is 24.3 Å². The van der Waals surface area contributed by atoms with Crippen LogP contribution in [0.5, 0.6) is 5.75 Å². The zero-order valence-corrected chi connectivity index (χ0v) is 11.2. The van der Waals surface area contributed by atoms with Crippen molar-refractivity contribution in [2.24, 2.45) is 0 Å². The van der Waals surface area contributed by atoms with Gasteiger partial charge in [-0.25, -0.2) is 0 Å². The van der Waals surface area contributed by atoms with Gasteiger partial charge in [-0.05, 0) is 19.4 Å². The molecule has 1 heterocycles. The summed E-state index contributed by atoms with van der Waals surface area (Å²) in [5, 5.41) is 0. The minimum absolute atomic E-state index is 0.273. The number of ether oxygens (including phenoxy) is 3. The van der Waals surface area contributed by atoms with Crippen molar-refractivity contribution < 1.29 is 14.2 Å². The topological polar surface area (TPSA) is 27.7 Å². The van der Waals surface area contributed by atoms with Crippen LogP contribution in [0, 0.1) is 0 Å². The molecule has 0 saturated carbocycles. The Labute approximate surface area is 109 Å². The summed E-state index contributed by atoms with van der Waals surface area (Å²) in [5.74, 6) is 0.915. The van der Waals surface area contributed by atoms with Crippen LogP contribution in [0.2, 0.25) is 0 Å². The summed E-state index contributed by atoms with van der Waals surface area (Å²) in [6.45, 7) is 5.40. The molecule has 0 aliphatic carbocycles. The second kappa shape index (κ2) is 6.76. The SMILES string of the molecule is CCCCC(C)OCC1OCc2ccccc2O1. The third kappa shape index (κ3) is 3.72. The van der Waals surface area contributed by atoms with Crippen molar-refractivity contribution in [3.05, 3.63) is 29.8 Å². The van der Waals surface area contributed by atoms with Crippen LogP contribution in [0.4, 0.5) is 0 Å². The average molecular weight is 250 g/mol. The van der Waals surface area contributed by atoms with Gasteiger partial charge in [0, 0.05) is 5.56 Å². The third-order valence-corrected chi connectivity index (χ3v) is 3.14. The van der Waals surface area contributed by atoms with Gasteiger partial charge in [0.2, 0.25) is 6.29 Å². The maximum absolute atomic E-state index is 5.75. The Morgan fingerprint density at radius 3 is 3.06 bits per heavy atom. The molecule has 0 aromatic heterocycles. The van der Waals surface area contributed by atoms with Gasteiger partial charge in [-0.2, -0.15) is 0 Å². The quantitative estimate of drug-likeness (QED) is 0.773. The van der Waals surface area contributed by atoms with E-state index in [9.17, 15) is 0 Å². The van der Waals surface area contributed by atoms with Crippen LogP contribution < -0.4 is 4.74 Å². The highest BCUT2D eigenvalue weighted by molar-refractivity contribution is 5.33. The van der Waals surface area contributed by atoms with E-state index in [-0.39, 0.29) is 12.4 Å². The molecule has 2 atom stereocenters. The molecule has 0 N–H and O–H groups in total. The van der Waals surface area contributed by atoms with E-state index >= 15 is 0 Å². The van der Waals surface area contributed by atoms with Gasteiger partial charge in [-0.3, -0.25) is 0 Å². The molecule has 3 heteroatoms.